The minimum absolute atomic E-state index is 0.299. The SMILES string of the molecule is COc1ccc(-n2c(N)nc3cc(CCC(F)CCNC=O)cnc32)cc1. The Balaban J connectivity index is 1.76. The maximum Gasteiger partial charge on any atom is 0.207 e. The second-order valence-electron chi connectivity index (χ2n) is 6.19. The zero-order valence-corrected chi connectivity index (χ0v) is 15.1. The van der Waals surface area contributed by atoms with Crippen molar-refractivity contribution in [1.82, 2.24) is 19.9 Å². The highest BCUT2D eigenvalue weighted by atomic mass is 19.1. The number of rotatable bonds is 9. The van der Waals surface area contributed by atoms with Crippen LogP contribution in [-0.4, -0.2) is 40.8 Å². The number of nitrogens with one attached hydrogen (secondary N) is 1. The Labute approximate surface area is 156 Å². The zero-order valence-electron chi connectivity index (χ0n) is 15.1. The lowest BCUT2D eigenvalue weighted by Gasteiger charge is -2.08. The van der Waals surface area contributed by atoms with Crippen molar-refractivity contribution in [2.75, 3.05) is 19.4 Å². The summed E-state index contributed by atoms with van der Waals surface area (Å²) in [6, 6.07) is 9.33. The number of anilines is 1. The Morgan fingerprint density at radius 1 is 1.33 bits per heavy atom. The summed E-state index contributed by atoms with van der Waals surface area (Å²) in [5, 5.41) is 2.47. The van der Waals surface area contributed by atoms with Crippen molar-refractivity contribution in [2.24, 2.45) is 0 Å². The normalized spacial score (nSPS) is 12.1. The summed E-state index contributed by atoms with van der Waals surface area (Å²) in [6.45, 7) is 0.338. The summed E-state index contributed by atoms with van der Waals surface area (Å²) in [7, 11) is 1.61. The van der Waals surface area contributed by atoms with Gasteiger partial charge in [0.2, 0.25) is 12.4 Å². The van der Waals surface area contributed by atoms with Crippen molar-refractivity contribution < 1.29 is 13.9 Å². The van der Waals surface area contributed by atoms with E-state index in [4.69, 9.17) is 10.5 Å². The van der Waals surface area contributed by atoms with Gasteiger partial charge in [-0.3, -0.25) is 9.36 Å². The smallest absolute Gasteiger partial charge is 0.207 e. The van der Waals surface area contributed by atoms with Crippen LogP contribution < -0.4 is 15.8 Å². The number of aryl methyl sites for hydroxylation is 1. The van der Waals surface area contributed by atoms with Gasteiger partial charge < -0.3 is 15.8 Å². The van der Waals surface area contributed by atoms with Crippen LogP contribution in [0.5, 0.6) is 5.75 Å². The molecule has 0 aliphatic rings. The van der Waals surface area contributed by atoms with Gasteiger partial charge in [-0.25, -0.2) is 14.4 Å². The second kappa shape index (κ2) is 8.48. The van der Waals surface area contributed by atoms with Gasteiger partial charge in [-0.05, 0) is 55.2 Å². The first-order chi connectivity index (χ1) is 13.1. The number of fused-ring (bicyclic) bond motifs is 1. The van der Waals surface area contributed by atoms with Crippen molar-refractivity contribution in [2.45, 2.75) is 25.4 Å². The van der Waals surface area contributed by atoms with Crippen LogP contribution in [0.15, 0.2) is 36.5 Å². The van der Waals surface area contributed by atoms with Gasteiger partial charge in [0.1, 0.15) is 17.4 Å². The molecular formula is C19H22FN5O2. The molecule has 1 atom stereocenters. The monoisotopic (exact) mass is 371 g/mol. The molecule has 0 radical (unpaired) electrons. The molecule has 0 saturated heterocycles. The number of halogens is 1. The molecule has 3 aromatic rings. The zero-order chi connectivity index (χ0) is 19.2. The number of carbonyl (C=O) groups excluding carboxylic acids is 1. The third-order valence-corrected chi connectivity index (χ3v) is 4.34. The number of nitrogens with two attached hydrogens (primary N) is 1. The number of pyridine rings is 1. The fourth-order valence-electron chi connectivity index (χ4n) is 2.91. The molecule has 3 rings (SSSR count). The van der Waals surface area contributed by atoms with Crippen molar-refractivity contribution in [3.8, 4) is 11.4 Å². The number of benzene rings is 1. The van der Waals surface area contributed by atoms with Gasteiger partial charge in [-0.2, -0.15) is 0 Å². The molecule has 0 aliphatic carbocycles. The topological polar surface area (TPSA) is 95.1 Å². The standard InChI is InChI=1S/C19H22FN5O2/c1-27-16-6-4-15(5-7-16)25-18-17(24-19(25)21)10-13(11-23-18)2-3-14(20)8-9-22-12-26/h4-7,10-12,14H,2-3,8-9H2,1H3,(H2,21,24)(H,22,26). The van der Waals surface area contributed by atoms with E-state index in [1.165, 1.54) is 0 Å². The van der Waals surface area contributed by atoms with Crippen LogP contribution in [0, 0.1) is 0 Å². The van der Waals surface area contributed by atoms with Crippen LogP contribution in [0.4, 0.5) is 10.3 Å². The third kappa shape index (κ3) is 4.33. The van der Waals surface area contributed by atoms with Gasteiger partial charge in [0.15, 0.2) is 5.65 Å². The summed E-state index contributed by atoms with van der Waals surface area (Å²) >= 11 is 0. The van der Waals surface area contributed by atoms with Gasteiger partial charge in [0, 0.05) is 12.7 Å². The number of amides is 1. The lowest BCUT2D eigenvalue weighted by molar-refractivity contribution is -0.109. The number of nitrogen functional groups attached to an aromatic ring is 1. The molecule has 1 aromatic carbocycles. The first-order valence-electron chi connectivity index (χ1n) is 8.70. The lowest BCUT2D eigenvalue weighted by atomic mass is 10.1. The Bertz CT molecular complexity index is 910. The first kappa shape index (κ1) is 18.6. The lowest BCUT2D eigenvalue weighted by Crippen LogP contribution is -2.17. The van der Waals surface area contributed by atoms with Gasteiger partial charge in [0.05, 0.1) is 12.8 Å². The molecule has 3 N–H and O–H groups in total. The van der Waals surface area contributed by atoms with E-state index in [9.17, 15) is 9.18 Å². The Morgan fingerprint density at radius 2 is 2.11 bits per heavy atom. The van der Waals surface area contributed by atoms with E-state index in [0.29, 0.717) is 49.3 Å². The summed E-state index contributed by atoms with van der Waals surface area (Å²) in [6.07, 6.45) is 2.53. The van der Waals surface area contributed by atoms with E-state index < -0.39 is 6.17 Å². The number of carbonyl (C=O) groups is 1. The highest BCUT2D eigenvalue weighted by Gasteiger charge is 2.13. The minimum atomic E-state index is -0.977. The molecule has 8 heteroatoms. The quantitative estimate of drug-likeness (QED) is 0.445. The van der Waals surface area contributed by atoms with E-state index >= 15 is 0 Å². The second-order valence-corrected chi connectivity index (χ2v) is 6.19. The number of ether oxygens (including phenoxy) is 1. The van der Waals surface area contributed by atoms with Gasteiger partial charge in [0.25, 0.3) is 0 Å². The molecule has 1 unspecified atom stereocenters. The van der Waals surface area contributed by atoms with Gasteiger partial charge in [-0.15, -0.1) is 0 Å². The number of aromatic nitrogens is 3. The Hall–Kier alpha value is -3.16. The van der Waals surface area contributed by atoms with Crippen LogP contribution in [-0.2, 0) is 11.2 Å². The number of alkyl halides is 1. The van der Waals surface area contributed by atoms with Crippen LogP contribution in [0.1, 0.15) is 18.4 Å². The van der Waals surface area contributed by atoms with Crippen molar-refractivity contribution in [3.05, 3.63) is 42.1 Å². The van der Waals surface area contributed by atoms with Crippen molar-refractivity contribution >= 4 is 23.5 Å². The number of hydrogen-bond donors (Lipinski definition) is 2. The minimum Gasteiger partial charge on any atom is -0.497 e. The number of hydrogen-bond acceptors (Lipinski definition) is 5. The molecule has 0 fully saturated rings. The fraction of sp³-hybridized carbons (Fsp3) is 0.316. The summed E-state index contributed by atoms with van der Waals surface area (Å²) in [4.78, 5) is 19.1. The molecule has 2 aromatic heterocycles. The predicted octanol–water partition coefficient (Wildman–Crippen LogP) is 2.42. The van der Waals surface area contributed by atoms with E-state index in [2.05, 4.69) is 15.3 Å². The Kier molecular flexibility index (Phi) is 5.85. The largest absolute Gasteiger partial charge is 0.497 e. The van der Waals surface area contributed by atoms with E-state index in [0.717, 1.165) is 17.0 Å². The molecule has 7 nitrogen and oxygen atoms in total. The average Bonchev–Trinajstić information content (AvgIpc) is 3.01. The number of methoxy groups -OCH3 is 1. The highest BCUT2D eigenvalue weighted by molar-refractivity contribution is 5.77. The molecule has 0 spiro atoms. The molecule has 142 valence electrons. The highest BCUT2D eigenvalue weighted by Crippen LogP contribution is 2.24. The van der Waals surface area contributed by atoms with Gasteiger partial charge in [-0.1, -0.05) is 0 Å². The van der Waals surface area contributed by atoms with Crippen LogP contribution >= 0.6 is 0 Å². The third-order valence-electron chi connectivity index (χ3n) is 4.34. The molecule has 2 heterocycles. The summed E-state index contributed by atoms with van der Waals surface area (Å²) in [5.41, 5.74) is 9.13. The Morgan fingerprint density at radius 3 is 2.81 bits per heavy atom. The van der Waals surface area contributed by atoms with Crippen molar-refractivity contribution in [3.63, 3.8) is 0 Å². The van der Waals surface area contributed by atoms with Crippen molar-refractivity contribution in [1.29, 1.82) is 0 Å². The fourth-order valence-corrected chi connectivity index (χ4v) is 2.91. The van der Waals surface area contributed by atoms with E-state index in [-0.39, 0.29) is 0 Å². The molecule has 27 heavy (non-hydrogen) atoms. The van der Waals surface area contributed by atoms with Crippen LogP contribution in [0.3, 0.4) is 0 Å². The van der Waals surface area contributed by atoms with Gasteiger partial charge >= 0.3 is 0 Å². The molecule has 1 amide bonds. The maximum absolute atomic E-state index is 13.9. The molecule has 0 saturated carbocycles. The van der Waals surface area contributed by atoms with Crippen LogP contribution in [0.2, 0.25) is 0 Å². The molecule has 0 aliphatic heterocycles. The van der Waals surface area contributed by atoms with E-state index in [1.807, 2.05) is 30.3 Å². The molecule has 0 bridgehead atoms. The maximum atomic E-state index is 13.9. The average molecular weight is 371 g/mol. The predicted molar refractivity (Wildman–Crippen MR) is 102 cm³/mol. The molecular weight excluding hydrogens is 349 g/mol. The van der Waals surface area contributed by atoms with E-state index in [1.54, 1.807) is 17.9 Å². The van der Waals surface area contributed by atoms with Crippen LogP contribution in [0.25, 0.3) is 16.9 Å². The number of nitrogens with zero attached hydrogens (tertiary/aromatic N) is 3. The summed E-state index contributed by atoms with van der Waals surface area (Å²) < 4.78 is 20.8. The number of imidazole rings is 1. The summed E-state index contributed by atoms with van der Waals surface area (Å²) in [5.74, 6) is 1.09. The first-order valence-corrected chi connectivity index (χ1v) is 8.70.